The summed E-state index contributed by atoms with van der Waals surface area (Å²) in [6.45, 7) is 0.578. The average Bonchev–Trinajstić information content (AvgIpc) is 3.21. The van der Waals surface area contributed by atoms with Gasteiger partial charge in [-0.2, -0.15) is 0 Å². The van der Waals surface area contributed by atoms with Gasteiger partial charge in [0.25, 0.3) is 5.91 Å². The Hall–Kier alpha value is -3.09. The van der Waals surface area contributed by atoms with E-state index in [-0.39, 0.29) is 24.0 Å². The molecule has 6 nitrogen and oxygen atoms in total. The van der Waals surface area contributed by atoms with Crippen molar-refractivity contribution in [1.82, 2.24) is 15.1 Å². The van der Waals surface area contributed by atoms with E-state index in [0.717, 1.165) is 0 Å². The molecule has 3 amide bonds. The van der Waals surface area contributed by atoms with Crippen molar-refractivity contribution in [1.29, 1.82) is 0 Å². The number of nitrogens with zero attached hydrogens (tertiary/aromatic N) is 2. The molecule has 0 spiro atoms. The van der Waals surface area contributed by atoms with E-state index in [9.17, 15) is 14.0 Å². The molecular formula is C18H16FN3O3. The van der Waals surface area contributed by atoms with Crippen LogP contribution in [-0.2, 0) is 11.3 Å². The zero-order valence-corrected chi connectivity index (χ0v) is 13.5. The van der Waals surface area contributed by atoms with E-state index >= 15 is 0 Å². The van der Waals surface area contributed by atoms with Crippen LogP contribution >= 0.6 is 0 Å². The number of benzene rings is 1. The zero-order chi connectivity index (χ0) is 17.6. The van der Waals surface area contributed by atoms with Crippen LogP contribution in [0.4, 0.5) is 9.18 Å². The minimum absolute atomic E-state index is 0.230. The fraction of sp³-hybridized carbons (Fsp3) is 0.222. The van der Waals surface area contributed by atoms with Gasteiger partial charge >= 0.3 is 6.03 Å². The van der Waals surface area contributed by atoms with Gasteiger partial charge in [-0.1, -0.05) is 18.2 Å². The van der Waals surface area contributed by atoms with E-state index in [1.165, 1.54) is 11.0 Å². The molecule has 7 heteroatoms. The van der Waals surface area contributed by atoms with Crippen molar-refractivity contribution < 1.29 is 18.4 Å². The molecule has 1 aromatic heterocycles. The van der Waals surface area contributed by atoms with Gasteiger partial charge in [-0.3, -0.25) is 9.69 Å². The van der Waals surface area contributed by atoms with Gasteiger partial charge in [-0.05, 0) is 18.2 Å². The molecule has 0 unspecified atom stereocenters. The number of amides is 3. The quantitative estimate of drug-likeness (QED) is 0.932. The number of carbonyl (C=O) groups is 2. The second-order valence-corrected chi connectivity index (χ2v) is 6.06. The van der Waals surface area contributed by atoms with Gasteiger partial charge < -0.3 is 14.6 Å². The highest BCUT2D eigenvalue weighted by molar-refractivity contribution is 6.01. The molecule has 0 bridgehead atoms. The summed E-state index contributed by atoms with van der Waals surface area (Å²) in [4.78, 5) is 28.2. The number of halogens is 1. The molecule has 1 aromatic carbocycles. The Morgan fingerprint density at radius 3 is 2.76 bits per heavy atom. The fourth-order valence-corrected chi connectivity index (χ4v) is 3.28. The van der Waals surface area contributed by atoms with E-state index in [2.05, 4.69) is 5.32 Å². The van der Waals surface area contributed by atoms with E-state index in [0.29, 0.717) is 23.6 Å². The minimum atomic E-state index is -0.797. The van der Waals surface area contributed by atoms with Crippen LogP contribution in [0.15, 0.2) is 58.3 Å². The summed E-state index contributed by atoms with van der Waals surface area (Å²) in [5, 5.41) is 2.72. The molecule has 0 saturated heterocycles. The highest BCUT2D eigenvalue weighted by Gasteiger charge is 2.43. The van der Waals surface area contributed by atoms with Crippen LogP contribution in [0, 0.1) is 5.82 Å². The van der Waals surface area contributed by atoms with Gasteiger partial charge in [0.1, 0.15) is 11.6 Å². The maximum Gasteiger partial charge on any atom is 0.322 e. The fourth-order valence-electron chi connectivity index (χ4n) is 3.28. The van der Waals surface area contributed by atoms with Crippen molar-refractivity contribution in [2.24, 2.45) is 0 Å². The monoisotopic (exact) mass is 341 g/mol. The first-order valence-corrected chi connectivity index (χ1v) is 7.89. The topological polar surface area (TPSA) is 65.8 Å². The second kappa shape index (κ2) is 5.77. The van der Waals surface area contributed by atoms with Crippen LogP contribution in [0.25, 0.3) is 0 Å². The molecule has 4 rings (SSSR count). The number of hydrogen-bond acceptors (Lipinski definition) is 3. The maximum absolute atomic E-state index is 14.3. The Balaban J connectivity index is 1.72. The smallest absolute Gasteiger partial charge is 0.322 e. The van der Waals surface area contributed by atoms with Gasteiger partial charge in [0.05, 0.1) is 36.7 Å². The highest BCUT2D eigenvalue weighted by Crippen LogP contribution is 2.36. The molecule has 0 aliphatic carbocycles. The Morgan fingerprint density at radius 1 is 1.24 bits per heavy atom. The van der Waals surface area contributed by atoms with E-state index in [4.69, 9.17) is 4.42 Å². The lowest BCUT2D eigenvalue weighted by atomic mass is 9.95. The van der Waals surface area contributed by atoms with Crippen molar-refractivity contribution in [2.75, 3.05) is 13.6 Å². The van der Waals surface area contributed by atoms with Crippen LogP contribution in [0.2, 0.25) is 0 Å². The van der Waals surface area contributed by atoms with Crippen LogP contribution in [-0.4, -0.2) is 35.3 Å². The van der Waals surface area contributed by atoms with Crippen LogP contribution in [0.5, 0.6) is 0 Å². The van der Waals surface area contributed by atoms with Crippen LogP contribution in [0.3, 0.4) is 0 Å². The van der Waals surface area contributed by atoms with Gasteiger partial charge in [0.15, 0.2) is 0 Å². The van der Waals surface area contributed by atoms with Crippen LogP contribution in [0.1, 0.15) is 17.4 Å². The molecule has 0 saturated carbocycles. The number of rotatable bonds is 3. The molecule has 2 aromatic rings. The van der Waals surface area contributed by atoms with Gasteiger partial charge in [-0.15, -0.1) is 0 Å². The first-order valence-electron chi connectivity index (χ1n) is 7.89. The number of nitrogens with one attached hydrogen (secondary N) is 1. The number of furan rings is 1. The molecule has 3 heterocycles. The SMILES string of the molecule is CN1C(=O)N[C@H](c2ccccc2F)C2=C1CN(Cc1ccco1)C2=O. The molecule has 0 radical (unpaired) electrons. The molecular weight excluding hydrogens is 325 g/mol. The average molecular weight is 341 g/mol. The number of carbonyl (C=O) groups excluding carboxylic acids is 2. The van der Waals surface area contributed by atoms with Crippen molar-refractivity contribution in [2.45, 2.75) is 12.6 Å². The summed E-state index contributed by atoms with van der Waals surface area (Å²) in [7, 11) is 1.60. The lowest BCUT2D eigenvalue weighted by Gasteiger charge is -2.31. The second-order valence-electron chi connectivity index (χ2n) is 6.06. The molecule has 2 aliphatic heterocycles. The molecule has 1 atom stereocenters. The van der Waals surface area contributed by atoms with Gasteiger partial charge in [0.2, 0.25) is 0 Å². The Kier molecular flexibility index (Phi) is 3.56. The molecule has 1 N–H and O–H groups in total. The summed E-state index contributed by atoms with van der Waals surface area (Å²) < 4.78 is 19.6. The van der Waals surface area contributed by atoms with Crippen molar-refractivity contribution in [3.63, 3.8) is 0 Å². The number of hydrogen-bond donors (Lipinski definition) is 1. The third kappa shape index (κ3) is 2.48. The van der Waals surface area contributed by atoms with Gasteiger partial charge in [-0.25, -0.2) is 9.18 Å². The summed E-state index contributed by atoms with van der Waals surface area (Å²) in [6, 6.07) is 8.54. The Bertz CT molecular complexity index is 875. The first kappa shape index (κ1) is 15.4. The highest BCUT2D eigenvalue weighted by atomic mass is 19.1. The van der Waals surface area contributed by atoms with Crippen molar-refractivity contribution in [3.8, 4) is 0 Å². The zero-order valence-electron chi connectivity index (χ0n) is 13.5. The number of urea groups is 1. The first-order chi connectivity index (χ1) is 12.1. The predicted molar refractivity (Wildman–Crippen MR) is 86.6 cm³/mol. The standard InChI is InChI=1S/C18H16FN3O3/c1-21-14-10-22(9-11-5-4-8-25-11)17(23)15(14)16(20-18(21)24)12-6-2-3-7-13(12)19/h2-8,16H,9-10H2,1H3,(H,20,24)/t16-/m1/s1. The van der Waals surface area contributed by atoms with E-state index in [1.54, 1.807) is 48.5 Å². The minimum Gasteiger partial charge on any atom is -0.467 e. The largest absolute Gasteiger partial charge is 0.467 e. The van der Waals surface area contributed by atoms with E-state index < -0.39 is 11.9 Å². The lowest BCUT2D eigenvalue weighted by Crippen LogP contribution is -2.45. The van der Waals surface area contributed by atoms with Crippen molar-refractivity contribution in [3.05, 3.63) is 71.1 Å². The molecule has 128 valence electrons. The van der Waals surface area contributed by atoms with Crippen molar-refractivity contribution >= 4 is 11.9 Å². The molecule has 2 aliphatic rings. The normalized spacial score (nSPS) is 20.2. The third-order valence-corrected chi connectivity index (χ3v) is 4.58. The molecule has 25 heavy (non-hydrogen) atoms. The van der Waals surface area contributed by atoms with Crippen LogP contribution < -0.4 is 5.32 Å². The number of likely N-dealkylation sites (N-methyl/N-ethyl adjacent to an activating group) is 1. The summed E-state index contributed by atoms with van der Waals surface area (Å²) in [5.41, 5.74) is 1.27. The maximum atomic E-state index is 14.3. The lowest BCUT2D eigenvalue weighted by molar-refractivity contribution is -0.126. The summed E-state index contributed by atoms with van der Waals surface area (Å²) >= 11 is 0. The Morgan fingerprint density at radius 2 is 2.04 bits per heavy atom. The predicted octanol–water partition coefficient (Wildman–Crippen LogP) is 2.41. The third-order valence-electron chi connectivity index (χ3n) is 4.58. The summed E-state index contributed by atoms with van der Waals surface area (Å²) in [6.07, 6.45) is 1.54. The molecule has 0 fully saturated rings. The van der Waals surface area contributed by atoms with E-state index in [1.807, 2.05) is 0 Å². The Labute approximate surface area is 143 Å². The summed E-state index contributed by atoms with van der Waals surface area (Å²) in [5.74, 6) is -0.0365. The van der Waals surface area contributed by atoms with Gasteiger partial charge in [0, 0.05) is 12.6 Å².